The van der Waals surface area contributed by atoms with E-state index in [4.69, 9.17) is 9.52 Å². The Morgan fingerprint density at radius 2 is 2.00 bits per heavy atom. The molecule has 4 rings (SSSR count). The van der Waals surface area contributed by atoms with Gasteiger partial charge >= 0.3 is 12.0 Å². The molecule has 0 aliphatic heterocycles. The molecule has 102 valence electrons. The van der Waals surface area contributed by atoms with Crippen LogP contribution in [0.3, 0.4) is 0 Å². The largest absolute Gasteiger partial charge is 0.478 e. The molecule has 2 aromatic carbocycles. The third-order valence-corrected chi connectivity index (χ3v) is 3.16. The van der Waals surface area contributed by atoms with E-state index in [9.17, 15) is 4.79 Å². The molecule has 0 bridgehead atoms. The van der Waals surface area contributed by atoms with Crippen molar-refractivity contribution < 1.29 is 14.3 Å². The summed E-state index contributed by atoms with van der Waals surface area (Å²) in [7, 11) is 0. The van der Waals surface area contributed by atoms with Gasteiger partial charge in [-0.1, -0.05) is 17.3 Å². The summed E-state index contributed by atoms with van der Waals surface area (Å²) in [4.78, 5) is 15.3. The molecule has 0 saturated heterocycles. The SMILES string of the molecule is O=C(O)c1ccc2nc(-n3nnc4ccccc43)oc2c1. The van der Waals surface area contributed by atoms with Gasteiger partial charge in [-0.2, -0.15) is 9.67 Å². The smallest absolute Gasteiger partial charge is 0.335 e. The summed E-state index contributed by atoms with van der Waals surface area (Å²) >= 11 is 0. The summed E-state index contributed by atoms with van der Waals surface area (Å²) in [6, 6.07) is 12.2. The third kappa shape index (κ3) is 1.75. The number of oxazole rings is 1. The average molecular weight is 280 g/mol. The van der Waals surface area contributed by atoms with Crippen molar-refractivity contribution in [3.05, 3.63) is 48.0 Å². The van der Waals surface area contributed by atoms with E-state index in [-0.39, 0.29) is 11.6 Å². The van der Waals surface area contributed by atoms with E-state index in [2.05, 4.69) is 15.3 Å². The maximum atomic E-state index is 11.0. The number of carboxylic acid groups (broad SMARTS) is 1. The molecule has 0 unspecified atom stereocenters. The quantitative estimate of drug-likeness (QED) is 0.605. The number of rotatable bonds is 2. The monoisotopic (exact) mass is 280 g/mol. The van der Waals surface area contributed by atoms with Gasteiger partial charge in [-0.25, -0.2) is 4.79 Å². The molecule has 0 fully saturated rings. The van der Waals surface area contributed by atoms with E-state index in [0.29, 0.717) is 11.1 Å². The molecule has 0 saturated carbocycles. The van der Waals surface area contributed by atoms with Crippen LogP contribution in [0.2, 0.25) is 0 Å². The van der Waals surface area contributed by atoms with Crippen LogP contribution < -0.4 is 0 Å². The van der Waals surface area contributed by atoms with Crippen molar-refractivity contribution in [2.75, 3.05) is 0 Å². The lowest BCUT2D eigenvalue weighted by atomic mass is 10.2. The van der Waals surface area contributed by atoms with Crippen LogP contribution in [-0.2, 0) is 0 Å². The Balaban J connectivity index is 1.92. The predicted octanol–water partition coefficient (Wildman–Crippen LogP) is 2.26. The minimum absolute atomic E-state index is 0.147. The number of benzene rings is 2. The Bertz CT molecular complexity index is 986. The molecule has 7 nitrogen and oxygen atoms in total. The van der Waals surface area contributed by atoms with E-state index >= 15 is 0 Å². The first-order valence-electron chi connectivity index (χ1n) is 6.17. The first kappa shape index (κ1) is 11.6. The predicted molar refractivity (Wildman–Crippen MR) is 73.4 cm³/mol. The van der Waals surface area contributed by atoms with Crippen molar-refractivity contribution in [3.8, 4) is 6.01 Å². The maximum Gasteiger partial charge on any atom is 0.335 e. The van der Waals surface area contributed by atoms with Crippen molar-refractivity contribution in [2.24, 2.45) is 0 Å². The number of carboxylic acids is 1. The fourth-order valence-electron chi connectivity index (χ4n) is 2.15. The zero-order chi connectivity index (χ0) is 14.4. The van der Waals surface area contributed by atoms with Crippen molar-refractivity contribution in [3.63, 3.8) is 0 Å². The zero-order valence-corrected chi connectivity index (χ0v) is 10.6. The van der Waals surface area contributed by atoms with Gasteiger partial charge in [-0.3, -0.25) is 0 Å². The maximum absolute atomic E-state index is 11.0. The van der Waals surface area contributed by atoms with Gasteiger partial charge in [0, 0.05) is 0 Å². The first-order valence-corrected chi connectivity index (χ1v) is 6.17. The fourth-order valence-corrected chi connectivity index (χ4v) is 2.15. The summed E-state index contributed by atoms with van der Waals surface area (Å²) in [5.74, 6) is -1.01. The van der Waals surface area contributed by atoms with Crippen LogP contribution in [0, 0.1) is 0 Å². The highest BCUT2D eigenvalue weighted by Crippen LogP contribution is 2.21. The normalized spacial score (nSPS) is 11.2. The van der Waals surface area contributed by atoms with Crippen molar-refractivity contribution in [1.29, 1.82) is 0 Å². The lowest BCUT2D eigenvalue weighted by molar-refractivity contribution is 0.0697. The number of hydrogen-bond donors (Lipinski definition) is 1. The van der Waals surface area contributed by atoms with Crippen molar-refractivity contribution >= 4 is 28.1 Å². The van der Waals surface area contributed by atoms with E-state index in [1.165, 1.54) is 16.8 Å². The molecular weight excluding hydrogens is 272 g/mol. The third-order valence-electron chi connectivity index (χ3n) is 3.16. The van der Waals surface area contributed by atoms with Gasteiger partial charge in [-0.05, 0) is 30.3 Å². The number of aromatic nitrogens is 4. The second-order valence-corrected chi connectivity index (χ2v) is 4.47. The summed E-state index contributed by atoms with van der Waals surface area (Å²) in [5.41, 5.74) is 2.60. The number of fused-ring (bicyclic) bond motifs is 2. The topological polar surface area (TPSA) is 94.0 Å². The number of nitrogens with zero attached hydrogens (tertiary/aromatic N) is 4. The van der Waals surface area contributed by atoms with Gasteiger partial charge in [0.25, 0.3) is 0 Å². The molecule has 21 heavy (non-hydrogen) atoms. The van der Waals surface area contributed by atoms with Crippen LogP contribution in [0.1, 0.15) is 10.4 Å². The molecule has 4 aromatic rings. The Labute approximate surface area is 117 Å². The van der Waals surface area contributed by atoms with E-state index in [0.717, 1.165) is 11.0 Å². The van der Waals surface area contributed by atoms with Gasteiger partial charge in [-0.15, -0.1) is 5.10 Å². The lowest BCUT2D eigenvalue weighted by Gasteiger charge is -1.93. The van der Waals surface area contributed by atoms with E-state index < -0.39 is 5.97 Å². The first-order chi connectivity index (χ1) is 10.2. The summed E-state index contributed by atoms with van der Waals surface area (Å²) in [6.45, 7) is 0. The zero-order valence-electron chi connectivity index (χ0n) is 10.6. The van der Waals surface area contributed by atoms with E-state index in [1.54, 1.807) is 6.07 Å². The standard InChI is InChI=1S/C14H8N4O3/c19-13(20)8-5-6-10-12(7-8)21-14(15-10)18-11-4-2-1-3-9(11)16-17-18/h1-7H,(H,19,20). The van der Waals surface area contributed by atoms with Gasteiger partial charge in [0.15, 0.2) is 5.58 Å². The highest BCUT2D eigenvalue weighted by Gasteiger charge is 2.14. The average Bonchev–Trinajstić information content (AvgIpc) is 3.09. The number of aromatic carboxylic acids is 1. The van der Waals surface area contributed by atoms with Crippen LogP contribution in [-0.4, -0.2) is 31.1 Å². The summed E-state index contributed by atoms with van der Waals surface area (Å²) in [6.07, 6.45) is 0. The Morgan fingerprint density at radius 1 is 1.14 bits per heavy atom. The van der Waals surface area contributed by atoms with Crippen LogP contribution in [0.15, 0.2) is 46.9 Å². The Kier molecular flexibility index (Phi) is 2.28. The van der Waals surface area contributed by atoms with Gasteiger partial charge in [0.1, 0.15) is 11.0 Å². The number of para-hydroxylation sites is 1. The lowest BCUT2D eigenvalue weighted by Crippen LogP contribution is -1.96. The Morgan fingerprint density at radius 3 is 2.86 bits per heavy atom. The molecule has 2 heterocycles. The highest BCUT2D eigenvalue weighted by atomic mass is 16.4. The van der Waals surface area contributed by atoms with Gasteiger partial charge in [0.05, 0.1) is 11.1 Å². The molecule has 0 atom stereocenters. The van der Waals surface area contributed by atoms with Crippen LogP contribution in [0.25, 0.3) is 28.1 Å². The highest BCUT2D eigenvalue weighted by molar-refractivity contribution is 5.92. The number of carbonyl (C=O) groups is 1. The van der Waals surface area contributed by atoms with Crippen LogP contribution in [0.4, 0.5) is 0 Å². The Hall–Kier alpha value is -3.22. The molecular formula is C14H8N4O3. The van der Waals surface area contributed by atoms with Gasteiger partial charge in [0.2, 0.25) is 0 Å². The molecule has 0 aliphatic rings. The van der Waals surface area contributed by atoms with Crippen LogP contribution >= 0.6 is 0 Å². The molecule has 2 aromatic heterocycles. The number of hydrogen-bond acceptors (Lipinski definition) is 5. The fraction of sp³-hybridized carbons (Fsp3) is 0. The second-order valence-electron chi connectivity index (χ2n) is 4.47. The van der Waals surface area contributed by atoms with E-state index in [1.807, 2.05) is 24.3 Å². The summed E-state index contributed by atoms with van der Waals surface area (Å²) in [5, 5.41) is 17.0. The minimum atomic E-state index is -1.01. The molecule has 1 N–H and O–H groups in total. The molecule has 0 aliphatic carbocycles. The minimum Gasteiger partial charge on any atom is -0.478 e. The molecule has 7 heteroatoms. The summed E-state index contributed by atoms with van der Waals surface area (Å²) < 4.78 is 7.08. The van der Waals surface area contributed by atoms with Gasteiger partial charge < -0.3 is 9.52 Å². The second kappa shape index (κ2) is 4.14. The van der Waals surface area contributed by atoms with Crippen LogP contribution in [0.5, 0.6) is 0 Å². The molecule has 0 amide bonds. The molecule has 0 spiro atoms. The van der Waals surface area contributed by atoms with Crippen molar-refractivity contribution in [1.82, 2.24) is 20.0 Å². The molecule has 0 radical (unpaired) electrons. The van der Waals surface area contributed by atoms with Crippen molar-refractivity contribution in [2.45, 2.75) is 0 Å².